The number of aromatic nitrogens is 2. The van der Waals surface area contributed by atoms with Crippen molar-refractivity contribution in [2.75, 3.05) is 63.2 Å². The van der Waals surface area contributed by atoms with E-state index in [1.807, 2.05) is 14.1 Å². The van der Waals surface area contributed by atoms with Crippen molar-refractivity contribution >= 4 is 17.4 Å². The third-order valence-electron chi connectivity index (χ3n) is 8.23. The van der Waals surface area contributed by atoms with Gasteiger partial charge < -0.3 is 24.3 Å². The van der Waals surface area contributed by atoms with Crippen molar-refractivity contribution in [3.63, 3.8) is 0 Å². The number of ether oxygens (including phenoxy) is 1. The first kappa shape index (κ1) is 26.9. The highest BCUT2D eigenvalue weighted by Crippen LogP contribution is 2.40. The van der Waals surface area contributed by atoms with Gasteiger partial charge >= 0.3 is 6.01 Å². The lowest BCUT2D eigenvalue weighted by atomic mass is 9.90. The highest BCUT2D eigenvalue weighted by molar-refractivity contribution is 5.87. The molecule has 3 heterocycles. The highest BCUT2D eigenvalue weighted by atomic mass is 16.5. The number of benzene rings is 1. The van der Waals surface area contributed by atoms with Gasteiger partial charge in [-0.3, -0.25) is 4.79 Å². The van der Waals surface area contributed by atoms with E-state index in [1.54, 1.807) is 4.90 Å². The Balaban J connectivity index is 1.44. The molecule has 206 valence electrons. The Hall–Kier alpha value is -3.64. The Morgan fingerprint density at radius 2 is 2.08 bits per heavy atom. The number of piperazine rings is 1. The molecule has 1 amide bonds. The average Bonchev–Trinajstić information content (AvgIpc) is 3.28. The van der Waals surface area contributed by atoms with Crippen molar-refractivity contribution in [3.05, 3.63) is 53.7 Å². The van der Waals surface area contributed by atoms with Crippen molar-refractivity contribution in [1.29, 1.82) is 5.26 Å². The fourth-order valence-corrected chi connectivity index (χ4v) is 6.21. The number of carbonyl (C=O) groups excluding carboxylic acids is 1. The number of nitriles is 1. The van der Waals surface area contributed by atoms with Gasteiger partial charge in [0, 0.05) is 62.4 Å². The minimum atomic E-state index is -0.211. The van der Waals surface area contributed by atoms with Gasteiger partial charge in [-0.15, -0.1) is 0 Å². The summed E-state index contributed by atoms with van der Waals surface area (Å²) in [5.74, 6) is 1.28. The van der Waals surface area contributed by atoms with E-state index in [4.69, 9.17) is 14.7 Å². The first-order valence-electron chi connectivity index (χ1n) is 14.0. The van der Waals surface area contributed by atoms with E-state index in [-0.39, 0.29) is 18.4 Å². The quantitative estimate of drug-likeness (QED) is 0.482. The maximum absolute atomic E-state index is 12.5. The van der Waals surface area contributed by atoms with Gasteiger partial charge in [-0.05, 0) is 44.6 Å². The molecule has 5 rings (SSSR count). The van der Waals surface area contributed by atoms with Gasteiger partial charge in [0.15, 0.2) is 0 Å². The molecule has 3 atom stereocenters. The molecular weight excluding hydrogens is 490 g/mol. The molecule has 1 aliphatic carbocycles. The summed E-state index contributed by atoms with van der Waals surface area (Å²) in [6, 6.07) is 11.6. The van der Waals surface area contributed by atoms with E-state index in [2.05, 4.69) is 58.5 Å². The van der Waals surface area contributed by atoms with Crippen LogP contribution < -0.4 is 14.5 Å². The number of rotatable bonds is 8. The van der Waals surface area contributed by atoms with Gasteiger partial charge in [-0.25, -0.2) is 0 Å². The molecule has 3 aliphatic rings. The van der Waals surface area contributed by atoms with Crippen molar-refractivity contribution in [3.8, 4) is 12.1 Å². The van der Waals surface area contributed by atoms with Gasteiger partial charge in [-0.1, -0.05) is 31.7 Å². The smallest absolute Gasteiger partial charge is 0.318 e. The molecule has 2 unspecified atom stereocenters. The number of fused-ring (bicyclic) bond motifs is 2. The van der Waals surface area contributed by atoms with E-state index in [9.17, 15) is 10.1 Å². The van der Waals surface area contributed by atoms with Crippen molar-refractivity contribution in [2.24, 2.45) is 0 Å². The number of likely N-dealkylation sites (N-methyl/N-ethyl adjacent to an activating group) is 1. The summed E-state index contributed by atoms with van der Waals surface area (Å²) < 4.78 is 6.07. The Kier molecular flexibility index (Phi) is 8.03. The average molecular weight is 530 g/mol. The highest BCUT2D eigenvalue weighted by Gasteiger charge is 2.36. The zero-order valence-corrected chi connectivity index (χ0v) is 23.3. The van der Waals surface area contributed by atoms with Crippen LogP contribution in [0.5, 0.6) is 6.01 Å². The molecule has 1 aromatic heterocycles. The van der Waals surface area contributed by atoms with Crippen LogP contribution in [-0.4, -0.2) is 91.2 Å². The maximum atomic E-state index is 12.5. The van der Waals surface area contributed by atoms with Gasteiger partial charge in [0.1, 0.15) is 12.4 Å². The molecule has 1 saturated heterocycles. The van der Waals surface area contributed by atoms with Crippen LogP contribution in [0.2, 0.25) is 0 Å². The van der Waals surface area contributed by atoms with E-state index >= 15 is 0 Å². The molecule has 9 nitrogen and oxygen atoms in total. The Labute approximate surface area is 231 Å². The summed E-state index contributed by atoms with van der Waals surface area (Å²) in [6.07, 6.45) is 4.36. The third kappa shape index (κ3) is 5.57. The van der Waals surface area contributed by atoms with Gasteiger partial charge in [-0.2, -0.15) is 15.2 Å². The zero-order valence-electron chi connectivity index (χ0n) is 23.3. The molecule has 2 aliphatic heterocycles. The van der Waals surface area contributed by atoms with Crippen LogP contribution in [-0.2, 0) is 17.6 Å². The lowest BCUT2D eigenvalue weighted by Gasteiger charge is -2.42. The largest absolute Gasteiger partial charge is 0.462 e. The first-order valence-corrected chi connectivity index (χ1v) is 14.0. The topological polar surface area (TPSA) is 88.8 Å². The van der Waals surface area contributed by atoms with Crippen molar-refractivity contribution < 1.29 is 9.53 Å². The first-order chi connectivity index (χ1) is 18.9. The van der Waals surface area contributed by atoms with E-state index in [0.29, 0.717) is 44.2 Å². The second-order valence-electron chi connectivity index (χ2n) is 11.1. The Bertz CT molecular complexity index is 1260. The number of nitrogens with zero attached hydrogens (tertiary/aromatic N) is 7. The van der Waals surface area contributed by atoms with Gasteiger partial charge in [0.05, 0.1) is 24.2 Å². The summed E-state index contributed by atoms with van der Waals surface area (Å²) in [5, 5.41) is 9.46. The molecule has 2 aromatic rings. The number of para-hydroxylation sites is 1. The number of amides is 1. The number of carbonyl (C=O) groups is 1. The zero-order chi connectivity index (χ0) is 27.5. The van der Waals surface area contributed by atoms with Crippen LogP contribution in [0.25, 0.3) is 0 Å². The third-order valence-corrected chi connectivity index (χ3v) is 8.23. The van der Waals surface area contributed by atoms with E-state index < -0.39 is 0 Å². The molecule has 0 saturated carbocycles. The second kappa shape index (κ2) is 11.6. The minimum absolute atomic E-state index is 0.129. The minimum Gasteiger partial charge on any atom is -0.462 e. The molecule has 0 radical (unpaired) electrons. The van der Waals surface area contributed by atoms with Gasteiger partial charge in [0.25, 0.3) is 0 Å². The summed E-state index contributed by atoms with van der Waals surface area (Å²) in [5.41, 5.74) is 4.99. The summed E-state index contributed by atoms with van der Waals surface area (Å²) in [4.78, 5) is 30.9. The van der Waals surface area contributed by atoms with Crippen LogP contribution in [0.4, 0.5) is 11.5 Å². The molecule has 9 heteroatoms. The van der Waals surface area contributed by atoms with E-state index in [1.165, 1.54) is 22.9 Å². The number of hydrogen-bond acceptors (Lipinski definition) is 8. The molecule has 1 aromatic carbocycles. The summed E-state index contributed by atoms with van der Waals surface area (Å²) >= 11 is 0. The van der Waals surface area contributed by atoms with Crippen LogP contribution in [0.3, 0.4) is 0 Å². The fraction of sp³-hybridized carbons (Fsp3) is 0.533. The lowest BCUT2D eigenvalue weighted by molar-refractivity contribution is -0.128. The fourth-order valence-electron chi connectivity index (χ4n) is 6.21. The SMILES string of the molecule is C=CC(=O)N1CCN(c2nc(OCCN(C)C)nc3c2CCC(N2CC(C)c4ccccc42)C3)C[C@@H]1CC#N. The summed E-state index contributed by atoms with van der Waals surface area (Å²) in [7, 11) is 4.03. The van der Waals surface area contributed by atoms with Crippen LogP contribution in [0, 0.1) is 11.3 Å². The predicted octanol–water partition coefficient (Wildman–Crippen LogP) is 3.01. The maximum Gasteiger partial charge on any atom is 0.318 e. The molecule has 1 fully saturated rings. The van der Waals surface area contributed by atoms with Gasteiger partial charge in [0.2, 0.25) is 5.91 Å². The van der Waals surface area contributed by atoms with E-state index in [0.717, 1.165) is 43.9 Å². The number of hydrogen-bond donors (Lipinski definition) is 0. The standard InChI is InChI=1S/C30H39N7O2/c1-5-28(38)36-15-14-35(20-23(36)12-13-31)29-25-11-10-22(37-19-21(2)24-8-6-7-9-27(24)37)18-26(25)32-30(33-29)39-17-16-34(3)4/h5-9,21-23H,1,10-12,14-20H2,2-4H3/t21?,22?,23-/m0/s1. The van der Waals surface area contributed by atoms with Crippen molar-refractivity contribution in [2.45, 2.75) is 50.6 Å². The Morgan fingerprint density at radius 3 is 2.85 bits per heavy atom. The van der Waals surface area contributed by atoms with Crippen LogP contribution in [0.1, 0.15) is 42.5 Å². The normalized spacial score (nSPS) is 22.3. The molecule has 0 bridgehead atoms. The summed E-state index contributed by atoms with van der Waals surface area (Å²) in [6.45, 7) is 9.97. The molecular formula is C30H39N7O2. The molecule has 0 spiro atoms. The predicted molar refractivity (Wildman–Crippen MR) is 152 cm³/mol. The van der Waals surface area contributed by atoms with Crippen LogP contribution >= 0.6 is 0 Å². The Morgan fingerprint density at radius 1 is 1.26 bits per heavy atom. The lowest BCUT2D eigenvalue weighted by Crippen LogP contribution is -2.55. The van der Waals surface area contributed by atoms with Crippen LogP contribution in [0.15, 0.2) is 36.9 Å². The van der Waals surface area contributed by atoms with Crippen molar-refractivity contribution in [1.82, 2.24) is 19.8 Å². The molecule has 39 heavy (non-hydrogen) atoms. The molecule has 0 N–H and O–H groups in total. The monoisotopic (exact) mass is 529 g/mol. The number of anilines is 2. The second-order valence-corrected chi connectivity index (χ2v) is 11.1.